The number of aromatic nitrogens is 1. The smallest absolute Gasteiger partial charge is 0.119 e. The van der Waals surface area contributed by atoms with Crippen molar-refractivity contribution in [1.29, 1.82) is 0 Å². The zero-order valence-corrected chi connectivity index (χ0v) is 13.4. The van der Waals surface area contributed by atoms with Gasteiger partial charge in [0.05, 0.1) is 6.61 Å². The number of nitrogens with zero attached hydrogens (tertiary/aromatic N) is 1. The summed E-state index contributed by atoms with van der Waals surface area (Å²) in [4.78, 5) is 0. The van der Waals surface area contributed by atoms with Gasteiger partial charge in [-0.05, 0) is 61.0 Å². The molecule has 0 aliphatic heterocycles. The molecule has 2 nitrogen and oxygen atoms in total. The van der Waals surface area contributed by atoms with Crippen molar-refractivity contribution in [2.45, 2.75) is 33.2 Å². The second-order valence-electron chi connectivity index (χ2n) is 5.77. The van der Waals surface area contributed by atoms with Crippen molar-refractivity contribution >= 4 is 10.9 Å². The van der Waals surface area contributed by atoms with E-state index in [1.165, 1.54) is 22.0 Å². The Hall–Kier alpha value is -2.22. The molecule has 3 rings (SSSR count). The average Bonchev–Trinajstić information content (AvgIpc) is 2.94. The summed E-state index contributed by atoms with van der Waals surface area (Å²) >= 11 is 0. The molecule has 0 aliphatic carbocycles. The molecule has 1 aromatic heterocycles. The quantitative estimate of drug-likeness (QED) is 0.585. The highest BCUT2D eigenvalue weighted by atomic mass is 16.5. The van der Waals surface area contributed by atoms with Crippen molar-refractivity contribution in [3.8, 4) is 5.75 Å². The van der Waals surface area contributed by atoms with E-state index in [0.29, 0.717) is 0 Å². The molecular formula is C20H23NO. The Bertz CT molecular complexity index is 740. The fraction of sp³-hybridized carbons (Fsp3) is 0.300. The van der Waals surface area contributed by atoms with Crippen LogP contribution >= 0.6 is 0 Å². The van der Waals surface area contributed by atoms with Crippen molar-refractivity contribution in [1.82, 2.24) is 4.57 Å². The summed E-state index contributed by atoms with van der Waals surface area (Å²) in [5.41, 5.74) is 3.96. The summed E-state index contributed by atoms with van der Waals surface area (Å²) < 4.78 is 8.13. The van der Waals surface area contributed by atoms with Crippen LogP contribution in [0.5, 0.6) is 5.75 Å². The summed E-state index contributed by atoms with van der Waals surface area (Å²) in [5.74, 6) is 0.963. The van der Waals surface area contributed by atoms with Gasteiger partial charge in [-0.3, -0.25) is 0 Å². The summed E-state index contributed by atoms with van der Waals surface area (Å²) in [6.07, 6.45) is 4.24. The monoisotopic (exact) mass is 293 g/mol. The van der Waals surface area contributed by atoms with Crippen LogP contribution in [0.4, 0.5) is 0 Å². The molecule has 0 amide bonds. The molecular weight excluding hydrogens is 270 g/mol. The fourth-order valence-electron chi connectivity index (χ4n) is 2.76. The first-order valence-corrected chi connectivity index (χ1v) is 8.03. The molecule has 0 aliphatic rings. The maximum absolute atomic E-state index is 5.82. The molecule has 22 heavy (non-hydrogen) atoms. The van der Waals surface area contributed by atoms with Gasteiger partial charge in [-0.2, -0.15) is 0 Å². The van der Waals surface area contributed by atoms with Crippen LogP contribution in [0.25, 0.3) is 10.9 Å². The predicted molar refractivity (Wildman–Crippen MR) is 92.6 cm³/mol. The Morgan fingerprint density at radius 1 is 1.00 bits per heavy atom. The van der Waals surface area contributed by atoms with E-state index in [1.54, 1.807) is 0 Å². The second kappa shape index (κ2) is 6.69. The zero-order chi connectivity index (χ0) is 15.4. The third kappa shape index (κ3) is 3.33. The SMILES string of the molecule is CCc1ccc(OCCCn2ccc3cc(C)ccc32)cc1. The van der Waals surface area contributed by atoms with Crippen LogP contribution in [0.2, 0.25) is 0 Å². The van der Waals surface area contributed by atoms with Crippen molar-refractivity contribution < 1.29 is 4.74 Å². The lowest BCUT2D eigenvalue weighted by Gasteiger charge is -2.08. The van der Waals surface area contributed by atoms with E-state index >= 15 is 0 Å². The summed E-state index contributed by atoms with van der Waals surface area (Å²) in [7, 11) is 0. The number of ether oxygens (including phenoxy) is 1. The van der Waals surface area contributed by atoms with Crippen LogP contribution in [-0.4, -0.2) is 11.2 Å². The van der Waals surface area contributed by atoms with Gasteiger partial charge in [-0.15, -0.1) is 0 Å². The lowest BCUT2D eigenvalue weighted by molar-refractivity contribution is 0.302. The van der Waals surface area contributed by atoms with E-state index in [4.69, 9.17) is 4.74 Å². The van der Waals surface area contributed by atoms with E-state index in [2.05, 4.69) is 73.1 Å². The minimum absolute atomic E-state index is 0.747. The van der Waals surface area contributed by atoms with Gasteiger partial charge < -0.3 is 9.30 Å². The Morgan fingerprint density at radius 3 is 2.59 bits per heavy atom. The normalized spacial score (nSPS) is 11.0. The number of fused-ring (bicyclic) bond motifs is 1. The van der Waals surface area contributed by atoms with Crippen LogP contribution in [-0.2, 0) is 13.0 Å². The Kier molecular flexibility index (Phi) is 4.47. The molecule has 0 saturated heterocycles. The Balaban J connectivity index is 1.53. The fourth-order valence-corrected chi connectivity index (χ4v) is 2.76. The highest BCUT2D eigenvalue weighted by molar-refractivity contribution is 5.80. The highest BCUT2D eigenvalue weighted by Gasteiger charge is 2.01. The molecule has 0 unspecified atom stereocenters. The van der Waals surface area contributed by atoms with Crippen LogP contribution in [0, 0.1) is 6.92 Å². The molecule has 1 heterocycles. The molecule has 114 valence electrons. The predicted octanol–water partition coefficient (Wildman–Crippen LogP) is 4.98. The minimum Gasteiger partial charge on any atom is -0.494 e. The molecule has 2 aromatic carbocycles. The zero-order valence-electron chi connectivity index (χ0n) is 13.4. The van der Waals surface area contributed by atoms with E-state index in [1.807, 2.05) is 0 Å². The van der Waals surface area contributed by atoms with Gasteiger partial charge in [0.2, 0.25) is 0 Å². The molecule has 0 saturated carbocycles. The van der Waals surface area contributed by atoms with Gasteiger partial charge in [-0.1, -0.05) is 30.7 Å². The molecule has 0 bridgehead atoms. The molecule has 0 fully saturated rings. The first-order chi connectivity index (χ1) is 10.8. The van der Waals surface area contributed by atoms with E-state index in [0.717, 1.165) is 31.7 Å². The molecule has 0 spiro atoms. The second-order valence-corrected chi connectivity index (χ2v) is 5.77. The van der Waals surface area contributed by atoms with Crippen LogP contribution in [0.1, 0.15) is 24.5 Å². The lowest BCUT2D eigenvalue weighted by Crippen LogP contribution is -2.03. The lowest BCUT2D eigenvalue weighted by atomic mass is 10.2. The minimum atomic E-state index is 0.747. The van der Waals surface area contributed by atoms with Crippen LogP contribution in [0.15, 0.2) is 54.7 Å². The highest BCUT2D eigenvalue weighted by Crippen LogP contribution is 2.18. The Morgan fingerprint density at radius 2 is 1.82 bits per heavy atom. The number of benzene rings is 2. The number of rotatable bonds is 6. The van der Waals surface area contributed by atoms with Gasteiger partial charge >= 0.3 is 0 Å². The molecule has 0 N–H and O–H groups in total. The van der Waals surface area contributed by atoms with Gasteiger partial charge in [0, 0.05) is 18.3 Å². The number of hydrogen-bond donors (Lipinski definition) is 0. The third-order valence-corrected chi connectivity index (χ3v) is 4.07. The molecule has 0 radical (unpaired) electrons. The first kappa shape index (κ1) is 14.7. The average molecular weight is 293 g/mol. The van der Waals surface area contributed by atoms with Crippen LogP contribution < -0.4 is 4.74 Å². The van der Waals surface area contributed by atoms with Gasteiger partial charge in [0.25, 0.3) is 0 Å². The third-order valence-electron chi connectivity index (χ3n) is 4.07. The van der Waals surface area contributed by atoms with Crippen molar-refractivity contribution in [2.75, 3.05) is 6.61 Å². The Labute approximate surface area is 132 Å². The van der Waals surface area contributed by atoms with Gasteiger partial charge in [0.1, 0.15) is 5.75 Å². The largest absolute Gasteiger partial charge is 0.494 e. The van der Waals surface area contributed by atoms with Gasteiger partial charge in [0.15, 0.2) is 0 Å². The van der Waals surface area contributed by atoms with Crippen molar-refractivity contribution in [3.05, 3.63) is 65.9 Å². The van der Waals surface area contributed by atoms with E-state index in [-0.39, 0.29) is 0 Å². The molecule has 2 heteroatoms. The summed E-state index contributed by atoms with van der Waals surface area (Å²) in [6, 6.07) is 17.2. The van der Waals surface area contributed by atoms with E-state index in [9.17, 15) is 0 Å². The van der Waals surface area contributed by atoms with Crippen molar-refractivity contribution in [3.63, 3.8) is 0 Å². The molecule has 0 atom stereocenters. The number of aryl methyl sites for hydroxylation is 3. The number of hydrogen-bond acceptors (Lipinski definition) is 1. The van der Waals surface area contributed by atoms with Crippen LogP contribution in [0.3, 0.4) is 0 Å². The topological polar surface area (TPSA) is 14.2 Å². The molecule has 3 aromatic rings. The maximum Gasteiger partial charge on any atom is 0.119 e. The maximum atomic E-state index is 5.82. The summed E-state index contributed by atoms with van der Waals surface area (Å²) in [5, 5.41) is 1.32. The van der Waals surface area contributed by atoms with Crippen molar-refractivity contribution in [2.24, 2.45) is 0 Å². The van der Waals surface area contributed by atoms with E-state index < -0.39 is 0 Å². The van der Waals surface area contributed by atoms with Gasteiger partial charge in [-0.25, -0.2) is 0 Å². The first-order valence-electron chi connectivity index (χ1n) is 8.03. The standard InChI is InChI=1S/C20H23NO/c1-3-17-6-8-19(9-7-17)22-14-4-12-21-13-11-18-15-16(2)5-10-20(18)21/h5-11,13,15H,3-4,12,14H2,1-2H3. The summed E-state index contributed by atoms with van der Waals surface area (Å²) in [6.45, 7) is 6.03.